The van der Waals surface area contributed by atoms with Gasteiger partial charge in [-0.05, 0) is 53.5 Å². The van der Waals surface area contributed by atoms with E-state index in [9.17, 15) is 0 Å². The summed E-state index contributed by atoms with van der Waals surface area (Å²) in [5.74, 6) is 0. The van der Waals surface area contributed by atoms with Gasteiger partial charge in [-0.1, -0.05) is 23.2 Å². The SMILES string of the molecule is CCn1nc(C)c(Br)c1CC(N)c1cc(Cl)ccc1Cl. The van der Waals surface area contributed by atoms with Crippen LogP contribution in [0.2, 0.25) is 10.0 Å². The first kappa shape index (κ1) is 15.8. The zero-order valence-corrected chi connectivity index (χ0v) is 14.4. The van der Waals surface area contributed by atoms with E-state index in [-0.39, 0.29) is 6.04 Å². The first-order valence-corrected chi connectivity index (χ1v) is 7.91. The molecular weight excluding hydrogens is 361 g/mol. The third kappa shape index (κ3) is 3.19. The zero-order chi connectivity index (χ0) is 14.9. The molecule has 1 aromatic heterocycles. The van der Waals surface area contributed by atoms with Crippen LogP contribution in [0.5, 0.6) is 0 Å². The van der Waals surface area contributed by atoms with Crippen LogP contribution >= 0.6 is 39.1 Å². The van der Waals surface area contributed by atoms with Gasteiger partial charge in [0.1, 0.15) is 0 Å². The molecule has 3 nitrogen and oxygen atoms in total. The van der Waals surface area contributed by atoms with E-state index in [4.69, 9.17) is 28.9 Å². The second kappa shape index (κ2) is 6.48. The molecule has 0 fully saturated rings. The molecule has 20 heavy (non-hydrogen) atoms. The molecule has 6 heteroatoms. The van der Waals surface area contributed by atoms with Crippen LogP contribution in [-0.2, 0) is 13.0 Å². The lowest BCUT2D eigenvalue weighted by atomic mass is 10.0. The van der Waals surface area contributed by atoms with Crippen LogP contribution in [0.15, 0.2) is 22.7 Å². The van der Waals surface area contributed by atoms with E-state index in [1.54, 1.807) is 12.1 Å². The van der Waals surface area contributed by atoms with Crippen molar-refractivity contribution in [3.05, 3.63) is 49.7 Å². The van der Waals surface area contributed by atoms with Crippen LogP contribution in [0.4, 0.5) is 0 Å². The molecule has 2 aromatic rings. The minimum atomic E-state index is -0.223. The van der Waals surface area contributed by atoms with Gasteiger partial charge in [0, 0.05) is 29.1 Å². The maximum absolute atomic E-state index is 6.29. The van der Waals surface area contributed by atoms with Gasteiger partial charge < -0.3 is 5.73 Å². The summed E-state index contributed by atoms with van der Waals surface area (Å²) in [5.41, 5.74) is 9.19. The van der Waals surface area contributed by atoms with E-state index >= 15 is 0 Å². The lowest BCUT2D eigenvalue weighted by Gasteiger charge is -2.15. The lowest BCUT2D eigenvalue weighted by Crippen LogP contribution is -2.17. The van der Waals surface area contributed by atoms with Gasteiger partial charge in [-0.2, -0.15) is 5.10 Å². The highest BCUT2D eigenvalue weighted by molar-refractivity contribution is 9.10. The molecule has 0 bridgehead atoms. The average Bonchev–Trinajstić information content (AvgIpc) is 2.69. The van der Waals surface area contributed by atoms with E-state index in [2.05, 4.69) is 28.0 Å². The molecule has 0 aliphatic heterocycles. The van der Waals surface area contributed by atoms with Crippen molar-refractivity contribution in [3.8, 4) is 0 Å². The molecule has 0 spiro atoms. The normalized spacial score (nSPS) is 12.7. The Morgan fingerprint density at radius 3 is 2.75 bits per heavy atom. The minimum Gasteiger partial charge on any atom is -0.324 e. The number of aryl methyl sites for hydroxylation is 2. The van der Waals surface area contributed by atoms with E-state index in [1.165, 1.54) is 0 Å². The third-order valence-electron chi connectivity index (χ3n) is 3.22. The first-order chi connectivity index (χ1) is 9.43. The van der Waals surface area contributed by atoms with Gasteiger partial charge in [0.25, 0.3) is 0 Å². The molecule has 1 unspecified atom stereocenters. The van der Waals surface area contributed by atoms with Crippen LogP contribution in [0.3, 0.4) is 0 Å². The van der Waals surface area contributed by atoms with E-state index in [1.807, 2.05) is 17.7 Å². The summed E-state index contributed by atoms with van der Waals surface area (Å²) in [6.07, 6.45) is 0.648. The van der Waals surface area contributed by atoms with Gasteiger partial charge in [0.2, 0.25) is 0 Å². The number of rotatable bonds is 4. The van der Waals surface area contributed by atoms with Gasteiger partial charge in [0.05, 0.1) is 15.9 Å². The summed E-state index contributed by atoms with van der Waals surface area (Å²) in [6, 6.07) is 5.13. The van der Waals surface area contributed by atoms with E-state index < -0.39 is 0 Å². The molecule has 0 saturated heterocycles. The molecule has 2 N–H and O–H groups in total. The molecule has 0 amide bonds. The Bertz CT molecular complexity index is 625. The highest BCUT2D eigenvalue weighted by atomic mass is 79.9. The fourth-order valence-electron chi connectivity index (χ4n) is 2.18. The Hall–Kier alpha value is -0.550. The number of hydrogen-bond acceptors (Lipinski definition) is 2. The summed E-state index contributed by atoms with van der Waals surface area (Å²) in [6.45, 7) is 4.83. The fraction of sp³-hybridized carbons (Fsp3) is 0.357. The van der Waals surface area contributed by atoms with Crippen molar-refractivity contribution in [3.63, 3.8) is 0 Å². The standard InChI is InChI=1S/C14H16BrCl2N3/c1-3-20-13(14(15)8(2)19-20)7-12(18)10-6-9(16)4-5-11(10)17/h4-6,12H,3,7,18H2,1-2H3. The molecular formula is C14H16BrCl2N3. The first-order valence-electron chi connectivity index (χ1n) is 6.36. The van der Waals surface area contributed by atoms with Crippen molar-refractivity contribution < 1.29 is 0 Å². The van der Waals surface area contributed by atoms with Crippen LogP contribution in [0, 0.1) is 6.92 Å². The number of hydrogen-bond donors (Lipinski definition) is 1. The van der Waals surface area contributed by atoms with Crippen molar-refractivity contribution >= 4 is 39.1 Å². The molecule has 0 radical (unpaired) electrons. The molecule has 0 aliphatic carbocycles. The van der Waals surface area contributed by atoms with Crippen LogP contribution < -0.4 is 5.73 Å². The van der Waals surface area contributed by atoms with Gasteiger partial charge in [-0.15, -0.1) is 0 Å². The van der Waals surface area contributed by atoms with Crippen molar-refractivity contribution in [1.29, 1.82) is 0 Å². The highest BCUT2D eigenvalue weighted by Crippen LogP contribution is 2.30. The largest absolute Gasteiger partial charge is 0.324 e. The van der Waals surface area contributed by atoms with Gasteiger partial charge >= 0.3 is 0 Å². The number of nitrogens with two attached hydrogens (primary N) is 1. The summed E-state index contributed by atoms with van der Waals surface area (Å²) < 4.78 is 2.96. The minimum absolute atomic E-state index is 0.223. The Morgan fingerprint density at radius 1 is 1.40 bits per heavy atom. The summed E-state index contributed by atoms with van der Waals surface area (Å²) in [7, 11) is 0. The zero-order valence-electron chi connectivity index (χ0n) is 11.3. The maximum Gasteiger partial charge on any atom is 0.0738 e. The number of aromatic nitrogens is 2. The second-order valence-corrected chi connectivity index (χ2v) is 6.27. The lowest BCUT2D eigenvalue weighted by molar-refractivity contribution is 0.586. The second-order valence-electron chi connectivity index (χ2n) is 4.64. The third-order valence-corrected chi connectivity index (χ3v) is 4.83. The van der Waals surface area contributed by atoms with Crippen molar-refractivity contribution in [2.45, 2.75) is 32.9 Å². The summed E-state index contributed by atoms with van der Waals surface area (Å²) in [4.78, 5) is 0. The quantitative estimate of drug-likeness (QED) is 0.852. The van der Waals surface area contributed by atoms with E-state index in [0.717, 1.165) is 28.0 Å². The Balaban J connectivity index is 2.32. The molecule has 1 heterocycles. The number of nitrogens with zero attached hydrogens (tertiary/aromatic N) is 2. The monoisotopic (exact) mass is 375 g/mol. The molecule has 2 rings (SSSR count). The van der Waals surface area contributed by atoms with Gasteiger partial charge in [-0.25, -0.2) is 0 Å². The van der Waals surface area contributed by atoms with Crippen molar-refractivity contribution in [2.24, 2.45) is 5.73 Å². The summed E-state index contributed by atoms with van der Waals surface area (Å²) in [5, 5.41) is 5.75. The fourth-order valence-corrected chi connectivity index (χ4v) is 3.07. The number of benzene rings is 1. The number of halogens is 3. The average molecular weight is 377 g/mol. The van der Waals surface area contributed by atoms with Crippen molar-refractivity contribution in [2.75, 3.05) is 0 Å². The van der Waals surface area contributed by atoms with Crippen LogP contribution in [0.25, 0.3) is 0 Å². The maximum atomic E-state index is 6.29. The molecule has 1 atom stereocenters. The predicted octanol–water partition coefficient (Wildman–Crippen LogP) is 4.52. The Labute approximate surface area is 137 Å². The molecule has 0 aliphatic rings. The van der Waals surface area contributed by atoms with Gasteiger partial charge in [-0.3, -0.25) is 4.68 Å². The van der Waals surface area contributed by atoms with Crippen molar-refractivity contribution in [1.82, 2.24) is 9.78 Å². The van der Waals surface area contributed by atoms with Gasteiger partial charge in [0.15, 0.2) is 0 Å². The summed E-state index contributed by atoms with van der Waals surface area (Å²) >= 11 is 15.8. The molecule has 1 aromatic carbocycles. The topological polar surface area (TPSA) is 43.8 Å². The smallest absolute Gasteiger partial charge is 0.0738 e. The Kier molecular flexibility index (Phi) is 5.13. The molecule has 0 saturated carbocycles. The Morgan fingerprint density at radius 2 is 2.10 bits per heavy atom. The molecule has 108 valence electrons. The highest BCUT2D eigenvalue weighted by Gasteiger charge is 2.18. The predicted molar refractivity (Wildman–Crippen MR) is 87.4 cm³/mol. The van der Waals surface area contributed by atoms with E-state index in [0.29, 0.717) is 16.5 Å². The van der Waals surface area contributed by atoms with Crippen LogP contribution in [0.1, 0.15) is 29.9 Å². The van der Waals surface area contributed by atoms with Crippen LogP contribution in [-0.4, -0.2) is 9.78 Å².